The van der Waals surface area contributed by atoms with Crippen molar-refractivity contribution >= 4 is 13.9 Å². The van der Waals surface area contributed by atoms with E-state index in [1.54, 1.807) is 0 Å². The van der Waals surface area contributed by atoms with E-state index in [-0.39, 0.29) is 5.16 Å². The summed E-state index contributed by atoms with van der Waals surface area (Å²) in [6.07, 6.45) is 2.05. The summed E-state index contributed by atoms with van der Waals surface area (Å²) in [6.45, 7) is 7.59. The van der Waals surface area contributed by atoms with E-state index in [4.69, 9.17) is 0 Å². The molecular weight excluding hydrogens is 313 g/mol. The highest BCUT2D eigenvalue weighted by molar-refractivity contribution is 7.48. The highest BCUT2D eigenvalue weighted by Crippen LogP contribution is 2.50. The lowest BCUT2D eigenvalue weighted by Gasteiger charge is -2.34. The van der Waals surface area contributed by atoms with Crippen molar-refractivity contribution < 1.29 is 5.11 Å². The minimum atomic E-state index is 0.00165. The second-order valence-corrected chi connectivity index (χ2v) is 8.58. The summed E-state index contributed by atoms with van der Waals surface area (Å²) in [5, 5.41) is 11.9. The number of phenols is 1. The van der Waals surface area contributed by atoms with Gasteiger partial charge in [0.25, 0.3) is 0 Å². The van der Waals surface area contributed by atoms with Crippen LogP contribution in [0, 0.1) is 6.92 Å². The fourth-order valence-corrected chi connectivity index (χ4v) is 5.02. The molecule has 0 spiro atoms. The molecule has 1 unspecified atom stereocenters. The molecule has 3 heteroatoms. The molecular formula is C21H30NOP. The number of para-hydroxylation sites is 1. The molecule has 1 atom stereocenters. The van der Waals surface area contributed by atoms with E-state index in [0.717, 1.165) is 24.9 Å². The Hall–Kier alpha value is -1.37. The molecule has 24 heavy (non-hydrogen) atoms. The van der Waals surface area contributed by atoms with Crippen LogP contribution < -0.4 is 5.30 Å². The Morgan fingerprint density at radius 2 is 1.71 bits per heavy atom. The maximum atomic E-state index is 10.4. The molecule has 0 bridgehead atoms. The molecule has 130 valence electrons. The number of hydrogen-bond donors (Lipinski definition) is 1. The van der Waals surface area contributed by atoms with Gasteiger partial charge in [0.2, 0.25) is 0 Å². The van der Waals surface area contributed by atoms with Crippen molar-refractivity contribution in [2.24, 2.45) is 0 Å². The lowest BCUT2D eigenvalue weighted by Crippen LogP contribution is -2.24. The number of rotatable bonds is 7. The molecule has 0 saturated carbocycles. The Bertz CT molecular complexity index is 677. The number of hydrogen-bond acceptors (Lipinski definition) is 2. The molecule has 0 heterocycles. The van der Waals surface area contributed by atoms with E-state index in [1.165, 1.54) is 16.4 Å². The van der Waals surface area contributed by atoms with Crippen LogP contribution in [0.15, 0.2) is 42.5 Å². The van der Waals surface area contributed by atoms with Gasteiger partial charge in [-0.1, -0.05) is 64.4 Å². The fraction of sp³-hybridized carbons (Fsp3) is 0.429. The van der Waals surface area contributed by atoms with E-state index < -0.39 is 0 Å². The molecule has 0 aliphatic rings. The number of aromatic hydroxyl groups is 1. The number of aryl methyl sites for hydroxylation is 1. The second kappa shape index (κ2) is 8.14. The summed E-state index contributed by atoms with van der Waals surface area (Å²) in [5.41, 5.74) is 3.80. The van der Waals surface area contributed by atoms with Crippen LogP contribution in [0.1, 0.15) is 43.4 Å². The summed E-state index contributed by atoms with van der Waals surface area (Å²) < 4.78 is 0. The van der Waals surface area contributed by atoms with Crippen LogP contribution in [0.5, 0.6) is 5.75 Å². The van der Waals surface area contributed by atoms with Gasteiger partial charge in [-0.25, -0.2) is 0 Å². The van der Waals surface area contributed by atoms with Gasteiger partial charge in [-0.15, -0.1) is 0 Å². The highest BCUT2D eigenvalue weighted by Gasteiger charge is 2.32. The molecule has 1 N–H and O–H groups in total. The summed E-state index contributed by atoms with van der Waals surface area (Å²) in [4.78, 5) is 2.22. The summed E-state index contributed by atoms with van der Waals surface area (Å²) in [6, 6.07) is 14.7. The Labute approximate surface area is 148 Å². The van der Waals surface area contributed by atoms with Gasteiger partial charge in [-0.05, 0) is 50.8 Å². The van der Waals surface area contributed by atoms with Gasteiger partial charge in [0.15, 0.2) is 0 Å². The van der Waals surface area contributed by atoms with Gasteiger partial charge in [-0.3, -0.25) is 0 Å². The molecule has 2 aromatic carbocycles. The van der Waals surface area contributed by atoms with Gasteiger partial charge in [0.05, 0.1) is 0 Å². The monoisotopic (exact) mass is 343 g/mol. The zero-order valence-electron chi connectivity index (χ0n) is 15.6. The lowest BCUT2D eigenvalue weighted by molar-refractivity contribution is 0.403. The van der Waals surface area contributed by atoms with Crippen molar-refractivity contribution in [1.82, 2.24) is 4.90 Å². The first-order valence-corrected chi connectivity index (χ1v) is 9.72. The van der Waals surface area contributed by atoms with E-state index in [0.29, 0.717) is 14.3 Å². The van der Waals surface area contributed by atoms with Gasteiger partial charge in [0.1, 0.15) is 5.75 Å². The van der Waals surface area contributed by atoms with E-state index in [2.05, 4.69) is 64.0 Å². The Morgan fingerprint density at radius 3 is 2.29 bits per heavy atom. The Balaban J connectivity index is 2.47. The summed E-state index contributed by atoms with van der Waals surface area (Å²) >= 11 is 0. The molecule has 2 aromatic rings. The largest absolute Gasteiger partial charge is 0.508 e. The first-order chi connectivity index (χ1) is 11.4. The predicted molar refractivity (Wildman–Crippen MR) is 107 cm³/mol. The third-order valence-electron chi connectivity index (χ3n) is 4.75. The van der Waals surface area contributed by atoms with Crippen LogP contribution in [-0.4, -0.2) is 24.1 Å². The molecule has 0 aliphatic heterocycles. The van der Waals surface area contributed by atoms with Crippen molar-refractivity contribution in [3.63, 3.8) is 0 Å². The molecule has 0 amide bonds. The minimum Gasteiger partial charge on any atom is -0.508 e. The maximum Gasteiger partial charge on any atom is 0.119 e. The topological polar surface area (TPSA) is 23.5 Å². The molecule has 0 aliphatic carbocycles. The van der Waals surface area contributed by atoms with E-state index in [1.807, 2.05) is 18.2 Å². The normalized spacial score (nSPS) is 12.4. The van der Waals surface area contributed by atoms with Gasteiger partial charge >= 0.3 is 0 Å². The van der Waals surface area contributed by atoms with Crippen molar-refractivity contribution in [3.8, 4) is 5.75 Å². The number of nitrogens with zero attached hydrogens (tertiary/aromatic N) is 1. The zero-order chi connectivity index (χ0) is 17.7. The quantitative estimate of drug-likeness (QED) is 0.731. The number of phenolic OH excluding ortho intramolecular Hbond substituents is 1. The molecule has 0 radical (unpaired) electrons. The van der Waals surface area contributed by atoms with Crippen LogP contribution in [0.3, 0.4) is 0 Å². The van der Waals surface area contributed by atoms with E-state index >= 15 is 0 Å². The summed E-state index contributed by atoms with van der Waals surface area (Å²) in [5.74, 6) is 0.426. The van der Waals surface area contributed by atoms with Gasteiger partial charge in [-0.2, -0.15) is 0 Å². The van der Waals surface area contributed by atoms with Crippen molar-refractivity contribution in [2.45, 2.75) is 45.3 Å². The van der Waals surface area contributed by atoms with Crippen LogP contribution in [0.4, 0.5) is 0 Å². The van der Waals surface area contributed by atoms with Crippen LogP contribution in [-0.2, 0) is 11.7 Å². The Kier molecular flexibility index (Phi) is 6.43. The van der Waals surface area contributed by atoms with Gasteiger partial charge in [0, 0.05) is 17.3 Å². The van der Waals surface area contributed by atoms with Crippen molar-refractivity contribution in [2.75, 3.05) is 14.1 Å². The molecule has 0 saturated heterocycles. The second-order valence-electron chi connectivity index (χ2n) is 6.83. The maximum absolute atomic E-state index is 10.4. The first kappa shape index (κ1) is 19.0. The third kappa shape index (κ3) is 4.18. The molecule has 2 nitrogen and oxygen atoms in total. The Morgan fingerprint density at radius 1 is 1.04 bits per heavy atom. The van der Waals surface area contributed by atoms with E-state index in [9.17, 15) is 5.11 Å². The SMILES string of the molecule is CCC(CC)(Pc1ccc(C)cc1CN(C)C)c1ccccc1O. The van der Waals surface area contributed by atoms with Crippen LogP contribution >= 0.6 is 8.58 Å². The lowest BCUT2D eigenvalue weighted by atomic mass is 9.92. The fourth-order valence-electron chi connectivity index (χ4n) is 3.33. The van der Waals surface area contributed by atoms with Crippen LogP contribution in [0.2, 0.25) is 0 Å². The molecule has 2 rings (SSSR count). The highest BCUT2D eigenvalue weighted by atomic mass is 31.1. The zero-order valence-corrected chi connectivity index (χ0v) is 16.6. The van der Waals surface area contributed by atoms with Crippen molar-refractivity contribution in [3.05, 3.63) is 59.2 Å². The predicted octanol–water partition coefficient (Wildman–Crippen LogP) is 4.78. The minimum absolute atomic E-state index is 0.00165. The average molecular weight is 343 g/mol. The van der Waals surface area contributed by atoms with Gasteiger partial charge < -0.3 is 10.0 Å². The smallest absolute Gasteiger partial charge is 0.119 e. The standard InChI is InChI=1S/C21H30NOP/c1-6-21(7-2,18-10-8-9-11-19(18)23)24-20-13-12-16(3)14-17(20)15-22(4)5/h8-14,23-24H,6-7,15H2,1-5H3. The first-order valence-electron chi connectivity index (χ1n) is 8.72. The van der Waals surface area contributed by atoms with Crippen molar-refractivity contribution in [1.29, 1.82) is 0 Å². The molecule has 0 aromatic heterocycles. The molecule has 0 fully saturated rings. The van der Waals surface area contributed by atoms with Crippen LogP contribution in [0.25, 0.3) is 0 Å². The summed E-state index contributed by atoms with van der Waals surface area (Å²) in [7, 11) is 4.88. The number of benzene rings is 2. The third-order valence-corrected chi connectivity index (χ3v) is 6.96. The average Bonchev–Trinajstić information content (AvgIpc) is 2.55.